The number of aromatic amines is 1. The number of nitrogens with zero attached hydrogens (tertiary/aromatic N) is 2. The van der Waals surface area contributed by atoms with Crippen molar-refractivity contribution < 1.29 is 0 Å². The maximum atomic E-state index is 4.09. The molecule has 4 rings (SSSR count). The second kappa shape index (κ2) is 6.49. The molecule has 1 aliphatic carbocycles. The summed E-state index contributed by atoms with van der Waals surface area (Å²) in [5.41, 5.74) is 4.15. The van der Waals surface area contributed by atoms with Crippen LogP contribution in [0.2, 0.25) is 0 Å². The van der Waals surface area contributed by atoms with Gasteiger partial charge in [0.15, 0.2) is 0 Å². The summed E-state index contributed by atoms with van der Waals surface area (Å²) in [7, 11) is 0. The van der Waals surface area contributed by atoms with Gasteiger partial charge in [-0.1, -0.05) is 15.9 Å². The molecule has 4 nitrogen and oxygen atoms in total. The number of imidazole rings is 1. The zero-order valence-electron chi connectivity index (χ0n) is 13.1. The molecular weight excluding hydrogens is 352 g/mol. The first-order valence-electron chi connectivity index (χ1n) is 8.30. The lowest BCUT2D eigenvalue weighted by Gasteiger charge is -2.24. The van der Waals surface area contributed by atoms with E-state index in [-0.39, 0.29) is 0 Å². The molecule has 0 bridgehead atoms. The third-order valence-electron chi connectivity index (χ3n) is 4.71. The summed E-state index contributed by atoms with van der Waals surface area (Å²) in [6, 6.07) is 6.98. The number of H-pyrrole nitrogens is 1. The molecule has 23 heavy (non-hydrogen) atoms. The van der Waals surface area contributed by atoms with Crippen molar-refractivity contribution in [1.29, 1.82) is 0 Å². The number of nitrogens with one attached hydrogen (secondary N) is 2. The molecule has 120 valence electrons. The summed E-state index contributed by atoms with van der Waals surface area (Å²) in [6.07, 6.45) is 10.5. The molecule has 0 radical (unpaired) electrons. The minimum Gasteiger partial charge on any atom is -0.357 e. The van der Waals surface area contributed by atoms with Crippen LogP contribution in [0.15, 0.2) is 41.4 Å². The van der Waals surface area contributed by atoms with Crippen LogP contribution in [-0.2, 0) is 13.0 Å². The first-order valence-corrected chi connectivity index (χ1v) is 9.10. The average molecular weight is 373 g/mol. The third-order valence-corrected chi connectivity index (χ3v) is 5.21. The largest absolute Gasteiger partial charge is 0.357 e. The van der Waals surface area contributed by atoms with Gasteiger partial charge in [-0.2, -0.15) is 0 Å². The Balaban J connectivity index is 1.46. The Morgan fingerprint density at radius 3 is 3.22 bits per heavy atom. The highest BCUT2D eigenvalue weighted by atomic mass is 79.9. The van der Waals surface area contributed by atoms with Crippen molar-refractivity contribution in [3.63, 3.8) is 0 Å². The van der Waals surface area contributed by atoms with E-state index in [0.717, 1.165) is 24.0 Å². The van der Waals surface area contributed by atoms with E-state index in [9.17, 15) is 0 Å². The molecule has 1 aliphatic rings. The number of fused-ring (bicyclic) bond motifs is 3. The molecule has 0 saturated heterocycles. The van der Waals surface area contributed by atoms with Gasteiger partial charge in [0.05, 0.1) is 6.33 Å². The van der Waals surface area contributed by atoms with Crippen molar-refractivity contribution >= 4 is 26.8 Å². The van der Waals surface area contributed by atoms with Crippen LogP contribution in [0, 0.1) is 0 Å². The van der Waals surface area contributed by atoms with Gasteiger partial charge in [-0.15, -0.1) is 0 Å². The molecule has 2 N–H and O–H groups in total. The van der Waals surface area contributed by atoms with Crippen LogP contribution in [0.3, 0.4) is 0 Å². The summed E-state index contributed by atoms with van der Waals surface area (Å²) in [6.45, 7) is 2.05. The summed E-state index contributed by atoms with van der Waals surface area (Å²) < 4.78 is 3.29. The molecule has 2 aromatic heterocycles. The highest BCUT2D eigenvalue weighted by Gasteiger charge is 2.23. The fourth-order valence-electron chi connectivity index (χ4n) is 3.60. The lowest BCUT2D eigenvalue weighted by Crippen LogP contribution is -2.26. The van der Waals surface area contributed by atoms with E-state index in [1.807, 2.05) is 18.7 Å². The Kier molecular flexibility index (Phi) is 4.23. The summed E-state index contributed by atoms with van der Waals surface area (Å²) in [5, 5.41) is 5.11. The predicted molar refractivity (Wildman–Crippen MR) is 96.5 cm³/mol. The highest BCUT2D eigenvalue weighted by molar-refractivity contribution is 9.10. The van der Waals surface area contributed by atoms with E-state index >= 15 is 0 Å². The second-order valence-electron chi connectivity index (χ2n) is 6.26. The first kappa shape index (κ1) is 15.0. The monoisotopic (exact) mass is 372 g/mol. The van der Waals surface area contributed by atoms with E-state index in [4.69, 9.17) is 0 Å². The Hall–Kier alpha value is -1.59. The van der Waals surface area contributed by atoms with Gasteiger partial charge in [0.25, 0.3) is 0 Å². The van der Waals surface area contributed by atoms with Gasteiger partial charge >= 0.3 is 0 Å². The van der Waals surface area contributed by atoms with Crippen molar-refractivity contribution in [3.05, 3.63) is 52.7 Å². The summed E-state index contributed by atoms with van der Waals surface area (Å²) >= 11 is 3.59. The smallest absolute Gasteiger partial charge is 0.0945 e. The van der Waals surface area contributed by atoms with Crippen LogP contribution in [0.1, 0.15) is 36.6 Å². The highest BCUT2D eigenvalue weighted by Crippen LogP contribution is 2.35. The average Bonchev–Trinajstić information content (AvgIpc) is 3.19. The minimum absolute atomic E-state index is 0.452. The maximum absolute atomic E-state index is 4.09. The lowest BCUT2D eigenvalue weighted by atomic mass is 9.91. The number of hydrogen-bond acceptors (Lipinski definition) is 2. The summed E-state index contributed by atoms with van der Waals surface area (Å²) in [4.78, 5) is 7.73. The fourth-order valence-corrected chi connectivity index (χ4v) is 3.96. The predicted octanol–water partition coefficient (Wildman–Crippen LogP) is 4.18. The van der Waals surface area contributed by atoms with Gasteiger partial charge in [-0.25, -0.2) is 4.98 Å². The molecule has 0 aliphatic heterocycles. The van der Waals surface area contributed by atoms with E-state index in [2.05, 4.69) is 54.0 Å². The van der Waals surface area contributed by atoms with E-state index in [0.29, 0.717) is 6.04 Å². The van der Waals surface area contributed by atoms with Crippen molar-refractivity contribution in [1.82, 2.24) is 19.9 Å². The molecule has 0 amide bonds. The van der Waals surface area contributed by atoms with Crippen molar-refractivity contribution in [2.45, 2.75) is 38.3 Å². The SMILES string of the molecule is Brc1ccc2[nH]c3c(c2c1)CCCC3NCCCn1ccnc1. The minimum atomic E-state index is 0.452. The molecule has 2 heterocycles. The van der Waals surface area contributed by atoms with Crippen LogP contribution < -0.4 is 5.32 Å². The van der Waals surface area contributed by atoms with Crippen molar-refractivity contribution in [3.8, 4) is 0 Å². The molecule has 0 saturated carbocycles. The molecular formula is C18H21BrN4. The number of aryl methyl sites for hydroxylation is 2. The van der Waals surface area contributed by atoms with Gasteiger partial charge in [0.1, 0.15) is 0 Å². The topological polar surface area (TPSA) is 45.6 Å². The molecule has 1 aromatic carbocycles. The van der Waals surface area contributed by atoms with Gasteiger partial charge in [0, 0.05) is 46.0 Å². The standard InChI is InChI=1S/C18H21BrN4/c19-13-5-6-16-15(11-13)14-3-1-4-17(18(14)22-16)21-7-2-9-23-10-8-20-12-23/h5-6,8,10-12,17,21-22H,1-4,7,9H2. The van der Waals surface area contributed by atoms with Crippen LogP contribution >= 0.6 is 15.9 Å². The molecule has 1 atom stereocenters. The Morgan fingerprint density at radius 1 is 1.39 bits per heavy atom. The number of hydrogen-bond donors (Lipinski definition) is 2. The zero-order valence-corrected chi connectivity index (χ0v) is 14.6. The Bertz CT molecular complexity index is 791. The van der Waals surface area contributed by atoms with Crippen molar-refractivity contribution in [2.24, 2.45) is 0 Å². The molecule has 0 spiro atoms. The third kappa shape index (κ3) is 3.08. The zero-order chi connectivity index (χ0) is 15.6. The maximum Gasteiger partial charge on any atom is 0.0945 e. The van der Waals surface area contributed by atoms with Crippen molar-refractivity contribution in [2.75, 3.05) is 6.54 Å². The molecule has 1 unspecified atom stereocenters. The van der Waals surface area contributed by atoms with E-state index < -0.39 is 0 Å². The summed E-state index contributed by atoms with van der Waals surface area (Å²) in [5.74, 6) is 0. The Morgan fingerprint density at radius 2 is 2.35 bits per heavy atom. The van der Waals surface area contributed by atoms with Crippen LogP contribution in [0.4, 0.5) is 0 Å². The Labute approximate surface area is 144 Å². The van der Waals surface area contributed by atoms with Gasteiger partial charge in [-0.3, -0.25) is 0 Å². The van der Waals surface area contributed by atoms with Gasteiger partial charge in [0.2, 0.25) is 0 Å². The fraction of sp³-hybridized carbons (Fsp3) is 0.389. The van der Waals surface area contributed by atoms with Gasteiger partial charge < -0.3 is 14.9 Å². The quantitative estimate of drug-likeness (QED) is 0.659. The van der Waals surface area contributed by atoms with Crippen LogP contribution in [-0.4, -0.2) is 21.1 Å². The number of benzene rings is 1. The molecule has 3 aromatic rings. The number of halogens is 1. The van der Waals surface area contributed by atoms with E-state index in [1.165, 1.54) is 41.4 Å². The van der Waals surface area contributed by atoms with Crippen LogP contribution in [0.25, 0.3) is 10.9 Å². The van der Waals surface area contributed by atoms with Gasteiger partial charge in [-0.05, 0) is 56.0 Å². The lowest BCUT2D eigenvalue weighted by molar-refractivity contribution is 0.440. The molecule has 5 heteroatoms. The first-order chi connectivity index (χ1) is 11.3. The van der Waals surface area contributed by atoms with Crippen LogP contribution in [0.5, 0.6) is 0 Å². The molecule has 0 fully saturated rings. The second-order valence-corrected chi connectivity index (χ2v) is 7.18. The normalized spacial score (nSPS) is 17.5. The number of aromatic nitrogens is 3. The number of rotatable bonds is 5. The van der Waals surface area contributed by atoms with E-state index in [1.54, 1.807) is 0 Å².